The number of benzene rings is 2. The van der Waals surface area contributed by atoms with Crippen LogP contribution in [-0.2, 0) is 24.8 Å². The number of imidazole rings is 1. The zero-order valence-corrected chi connectivity index (χ0v) is 15.1. The zero-order chi connectivity index (χ0) is 18.7. The van der Waals surface area contributed by atoms with E-state index in [0.717, 1.165) is 16.9 Å². The van der Waals surface area contributed by atoms with Gasteiger partial charge < -0.3 is 14.6 Å². The number of carbonyl (C=O) groups is 2. The molecule has 3 aromatic rings. The van der Waals surface area contributed by atoms with Gasteiger partial charge in [0.05, 0.1) is 31.1 Å². The van der Waals surface area contributed by atoms with Crippen LogP contribution in [-0.4, -0.2) is 28.4 Å². The summed E-state index contributed by atoms with van der Waals surface area (Å²) in [6, 6.07) is 12.9. The van der Waals surface area contributed by atoms with Crippen LogP contribution in [0.3, 0.4) is 0 Å². The van der Waals surface area contributed by atoms with Gasteiger partial charge in [0, 0.05) is 18.2 Å². The number of aryl methyl sites for hydroxylation is 1. The minimum absolute atomic E-state index is 0.0472. The van der Waals surface area contributed by atoms with Gasteiger partial charge in [0.25, 0.3) is 0 Å². The number of aromatic nitrogens is 2. The van der Waals surface area contributed by atoms with Crippen molar-refractivity contribution < 1.29 is 14.3 Å². The predicted octanol–water partition coefficient (Wildman–Crippen LogP) is 2.64. The van der Waals surface area contributed by atoms with Gasteiger partial charge in [0.2, 0.25) is 5.91 Å². The SMILES string of the molecule is COc1ccc(C(C)=O)cc1CC(=O)NCc1nc2ccccc2n1C. The summed E-state index contributed by atoms with van der Waals surface area (Å²) in [7, 11) is 3.47. The van der Waals surface area contributed by atoms with Gasteiger partial charge in [-0.15, -0.1) is 0 Å². The van der Waals surface area contributed by atoms with Gasteiger partial charge in [-0.3, -0.25) is 9.59 Å². The number of Topliss-reactive ketones (excluding diaryl/α,β-unsaturated/α-hetero) is 1. The topological polar surface area (TPSA) is 73.2 Å². The fourth-order valence-corrected chi connectivity index (χ4v) is 2.90. The van der Waals surface area contributed by atoms with Crippen molar-refractivity contribution in [3.8, 4) is 5.75 Å². The summed E-state index contributed by atoms with van der Waals surface area (Å²) < 4.78 is 7.26. The summed E-state index contributed by atoms with van der Waals surface area (Å²) in [5.74, 6) is 1.17. The molecule has 1 N–H and O–H groups in total. The van der Waals surface area contributed by atoms with Crippen molar-refractivity contribution in [1.82, 2.24) is 14.9 Å². The molecule has 2 aromatic carbocycles. The summed E-state index contributed by atoms with van der Waals surface area (Å²) in [5.41, 5.74) is 3.16. The largest absolute Gasteiger partial charge is 0.496 e. The molecule has 6 heteroatoms. The maximum absolute atomic E-state index is 12.4. The number of methoxy groups -OCH3 is 1. The highest BCUT2D eigenvalue weighted by Gasteiger charge is 2.13. The third kappa shape index (κ3) is 3.59. The smallest absolute Gasteiger partial charge is 0.224 e. The van der Waals surface area contributed by atoms with E-state index in [0.29, 0.717) is 23.4 Å². The number of hydrogen-bond donors (Lipinski definition) is 1. The summed E-state index contributed by atoms with van der Waals surface area (Å²) >= 11 is 0. The van der Waals surface area contributed by atoms with E-state index in [9.17, 15) is 9.59 Å². The number of nitrogens with one attached hydrogen (secondary N) is 1. The second-order valence-corrected chi connectivity index (χ2v) is 6.11. The van der Waals surface area contributed by atoms with Crippen molar-refractivity contribution in [1.29, 1.82) is 0 Å². The number of rotatable bonds is 6. The lowest BCUT2D eigenvalue weighted by atomic mass is 10.0. The zero-order valence-electron chi connectivity index (χ0n) is 15.1. The number of fused-ring (bicyclic) bond motifs is 1. The molecule has 0 atom stereocenters. The van der Waals surface area contributed by atoms with Crippen LogP contribution in [0.2, 0.25) is 0 Å². The van der Waals surface area contributed by atoms with Crippen LogP contribution in [0.5, 0.6) is 5.75 Å². The molecule has 1 heterocycles. The van der Waals surface area contributed by atoms with E-state index >= 15 is 0 Å². The molecule has 0 aliphatic rings. The molecule has 0 saturated carbocycles. The van der Waals surface area contributed by atoms with Crippen molar-refractivity contribution >= 4 is 22.7 Å². The Balaban J connectivity index is 1.71. The third-order valence-corrected chi connectivity index (χ3v) is 4.36. The Morgan fingerprint density at radius 3 is 2.65 bits per heavy atom. The van der Waals surface area contributed by atoms with Crippen LogP contribution in [0.15, 0.2) is 42.5 Å². The number of amides is 1. The first kappa shape index (κ1) is 17.7. The normalized spacial score (nSPS) is 10.7. The molecule has 0 radical (unpaired) electrons. The first-order valence-corrected chi connectivity index (χ1v) is 8.34. The van der Waals surface area contributed by atoms with Crippen LogP contribution in [0.1, 0.15) is 28.7 Å². The molecule has 1 aromatic heterocycles. The van der Waals surface area contributed by atoms with E-state index < -0.39 is 0 Å². The van der Waals surface area contributed by atoms with E-state index in [1.807, 2.05) is 35.9 Å². The van der Waals surface area contributed by atoms with Gasteiger partial charge in [-0.2, -0.15) is 0 Å². The monoisotopic (exact) mass is 351 g/mol. The first-order chi connectivity index (χ1) is 12.5. The van der Waals surface area contributed by atoms with Gasteiger partial charge in [-0.25, -0.2) is 4.98 Å². The Labute approximate surface area is 151 Å². The molecule has 0 spiro atoms. The molecule has 1 amide bonds. The lowest BCUT2D eigenvalue weighted by Crippen LogP contribution is -2.26. The number of hydrogen-bond acceptors (Lipinski definition) is 4. The number of ketones is 1. The van der Waals surface area contributed by atoms with Crippen LogP contribution >= 0.6 is 0 Å². The maximum atomic E-state index is 12.4. The molecule has 0 saturated heterocycles. The van der Waals surface area contributed by atoms with Gasteiger partial charge in [-0.05, 0) is 37.3 Å². The number of para-hydroxylation sites is 2. The number of carbonyl (C=O) groups excluding carboxylic acids is 2. The fraction of sp³-hybridized carbons (Fsp3) is 0.250. The molecule has 0 aliphatic heterocycles. The standard InChI is InChI=1S/C20H21N3O3/c1-13(24)14-8-9-18(26-3)15(10-14)11-20(25)21-12-19-22-16-6-4-5-7-17(16)23(19)2/h4-10H,11-12H2,1-3H3,(H,21,25). The molecule has 6 nitrogen and oxygen atoms in total. The Morgan fingerprint density at radius 1 is 1.19 bits per heavy atom. The molecule has 0 fully saturated rings. The minimum atomic E-state index is -0.156. The number of nitrogens with zero attached hydrogens (tertiary/aromatic N) is 2. The van der Waals surface area contributed by atoms with E-state index in [-0.39, 0.29) is 18.1 Å². The van der Waals surface area contributed by atoms with Crippen molar-refractivity contribution in [2.45, 2.75) is 19.9 Å². The quantitative estimate of drug-likeness (QED) is 0.693. The molecular formula is C20H21N3O3. The summed E-state index contributed by atoms with van der Waals surface area (Å²) in [6.45, 7) is 1.83. The highest BCUT2D eigenvalue weighted by Crippen LogP contribution is 2.21. The summed E-state index contributed by atoms with van der Waals surface area (Å²) in [6.07, 6.45) is 0.133. The second-order valence-electron chi connectivity index (χ2n) is 6.11. The van der Waals surface area contributed by atoms with E-state index in [1.165, 1.54) is 6.92 Å². The Kier molecular flexibility index (Phi) is 5.02. The molecule has 26 heavy (non-hydrogen) atoms. The van der Waals surface area contributed by atoms with Gasteiger partial charge in [-0.1, -0.05) is 12.1 Å². The van der Waals surface area contributed by atoms with Crippen molar-refractivity contribution in [3.63, 3.8) is 0 Å². The highest BCUT2D eigenvalue weighted by molar-refractivity contribution is 5.94. The third-order valence-electron chi connectivity index (χ3n) is 4.36. The molecule has 0 unspecified atom stereocenters. The Morgan fingerprint density at radius 2 is 1.96 bits per heavy atom. The molecule has 3 rings (SSSR count). The summed E-state index contributed by atoms with van der Waals surface area (Å²) in [4.78, 5) is 28.5. The van der Waals surface area contributed by atoms with Crippen LogP contribution < -0.4 is 10.1 Å². The van der Waals surface area contributed by atoms with Crippen molar-refractivity contribution in [3.05, 3.63) is 59.4 Å². The maximum Gasteiger partial charge on any atom is 0.224 e. The first-order valence-electron chi connectivity index (χ1n) is 8.34. The summed E-state index contributed by atoms with van der Waals surface area (Å²) in [5, 5.41) is 2.89. The van der Waals surface area contributed by atoms with Crippen LogP contribution in [0.4, 0.5) is 0 Å². The lowest BCUT2D eigenvalue weighted by molar-refractivity contribution is -0.120. The lowest BCUT2D eigenvalue weighted by Gasteiger charge is -2.10. The average molecular weight is 351 g/mol. The van der Waals surface area contributed by atoms with Crippen LogP contribution in [0.25, 0.3) is 11.0 Å². The Bertz CT molecular complexity index is 976. The van der Waals surface area contributed by atoms with Crippen molar-refractivity contribution in [2.24, 2.45) is 7.05 Å². The van der Waals surface area contributed by atoms with E-state index in [4.69, 9.17) is 4.74 Å². The molecule has 0 bridgehead atoms. The van der Waals surface area contributed by atoms with E-state index in [1.54, 1.807) is 25.3 Å². The minimum Gasteiger partial charge on any atom is -0.496 e. The van der Waals surface area contributed by atoms with Crippen molar-refractivity contribution in [2.75, 3.05) is 7.11 Å². The average Bonchev–Trinajstić information content (AvgIpc) is 2.96. The molecular weight excluding hydrogens is 330 g/mol. The fourth-order valence-electron chi connectivity index (χ4n) is 2.90. The van der Waals surface area contributed by atoms with E-state index in [2.05, 4.69) is 10.3 Å². The van der Waals surface area contributed by atoms with Gasteiger partial charge in [0.15, 0.2) is 5.78 Å². The molecule has 0 aliphatic carbocycles. The van der Waals surface area contributed by atoms with Gasteiger partial charge in [0.1, 0.15) is 11.6 Å². The van der Waals surface area contributed by atoms with Gasteiger partial charge >= 0.3 is 0 Å². The number of ether oxygens (including phenoxy) is 1. The predicted molar refractivity (Wildman–Crippen MR) is 99.3 cm³/mol. The highest BCUT2D eigenvalue weighted by atomic mass is 16.5. The Hall–Kier alpha value is -3.15. The molecule has 134 valence electrons. The second kappa shape index (κ2) is 7.39. The van der Waals surface area contributed by atoms with Crippen LogP contribution in [0, 0.1) is 0 Å².